The van der Waals surface area contributed by atoms with Crippen molar-refractivity contribution in [1.82, 2.24) is 0 Å². The van der Waals surface area contributed by atoms with Gasteiger partial charge in [-0.2, -0.15) is 0 Å². The summed E-state index contributed by atoms with van der Waals surface area (Å²) in [4.78, 5) is 10.3. The highest BCUT2D eigenvalue weighted by Crippen LogP contribution is 2.34. The SMILES string of the molecule is O=[N+]([O-])c1ccc(Br)cc1OC1CCC1. The average molecular weight is 272 g/mol. The first kappa shape index (κ1) is 10.4. The van der Waals surface area contributed by atoms with Gasteiger partial charge >= 0.3 is 5.69 Å². The van der Waals surface area contributed by atoms with Crippen LogP contribution >= 0.6 is 15.9 Å². The second-order valence-electron chi connectivity index (χ2n) is 3.54. The van der Waals surface area contributed by atoms with Crippen LogP contribution in [0.25, 0.3) is 0 Å². The van der Waals surface area contributed by atoms with Crippen LogP contribution in [-0.4, -0.2) is 11.0 Å². The molecule has 0 aliphatic heterocycles. The quantitative estimate of drug-likeness (QED) is 0.626. The van der Waals surface area contributed by atoms with E-state index < -0.39 is 4.92 Å². The van der Waals surface area contributed by atoms with Crippen molar-refractivity contribution >= 4 is 21.6 Å². The lowest BCUT2D eigenvalue weighted by Crippen LogP contribution is -2.24. The Balaban J connectivity index is 2.24. The van der Waals surface area contributed by atoms with Crippen molar-refractivity contribution in [2.24, 2.45) is 0 Å². The maximum absolute atomic E-state index is 10.7. The van der Waals surface area contributed by atoms with Gasteiger partial charge in [-0.15, -0.1) is 0 Å². The molecule has 0 spiro atoms. The van der Waals surface area contributed by atoms with Gasteiger partial charge in [-0.1, -0.05) is 15.9 Å². The Hall–Kier alpha value is -1.10. The van der Waals surface area contributed by atoms with Gasteiger partial charge in [0.1, 0.15) is 0 Å². The van der Waals surface area contributed by atoms with Crippen molar-refractivity contribution in [2.75, 3.05) is 0 Å². The minimum Gasteiger partial charge on any atom is -0.483 e. The Morgan fingerprint density at radius 1 is 1.47 bits per heavy atom. The van der Waals surface area contributed by atoms with E-state index >= 15 is 0 Å². The summed E-state index contributed by atoms with van der Waals surface area (Å²) < 4.78 is 6.35. The maximum atomic E-state index is 10.7. The highest BCUT2D eigenvalue weighted by Gasteiger charge is 2.23. The van der Waals surface area contributed by atoms with Gasteiger partial charge in [0.05, 0.1) is 11.0 Å². The highest BCUT2D eigenvalue weighted by molar-refractivity contribution is 9.10. The van der Waals surface area contributed by atoms with E-state index in [1.54, 1.807) is 12.1 Å². The number of nitro groups is 1. The average Bonchev–Trinajstić information content (AvgIpc) is 2.11. The fourth-order valence-electron chi connectivity index (χ4n) is 1.40. The molecular formula is C10H10BrNO3. The molecule has 0 bridgehead atoms. The van der Waals surface area contributed by atoms with Gasteiger partial charge in [-0.3, -0.25) is 10.1 Å². The van der Waals surface area contributed by atoms with Crippen LogP contribution in [0.15, 0.2) is 22.7 Å². The molecule has 1 fully saturated rings. The van der Waals surface area contributed by atoms with E-state index in [-0.39, 0.29) is 11.8 Å². The minimum absolute atomic E-state index is 0.0325. The molecule has 80 valence electrons. The lowest BCUT2D eigenvalue weighted by molar-refractivity contribution is -0.386. The largest absolute Gasteiger partial charge is 0.483 e. The summed E-state index contributed by atoms with van der Waals surface area (Å²) in [7, 11) is 0. The van der Waals surface area contributed by atoms with Crippen molar-refractivity contribution in [3.05, 3.63) is 32.8 Å². The van der Waals surface area contributed by atoms with E-state index in [1.165, 1.54) is 6.07 Å². The van der Waals surface area contributed by atoms with Crippen molar-refractivity contribution in [3.63, 3.8) is 0 Å². The monoisotopic (exact) mass is 271 g/mol. The minimum atomic E-state index is -0.416. The number of hydrogen-bond acceptors (Lipinski definition) is 3. The number of halogens is 1. The van der Waals surface area contributed by atoms with Crippen LogP contribution in [-0.2, 0) is 0 Å². The number of benzene rings is 1. The van der Waals surface area contributed by atoms with Crippen LogP contribution in [0.2, 0.25) is 0 Å². The highest BCUT2D eigenvalue weighted by atomic mass is 79.9. The van der Waals surface area contributed by atoms with Crippen LogP contribution in [0.5, 0.6) is 5.75 Å². The van der Waals surface area contributed by atoms with Crippen molar-refractivity contribution < 1.29 is 9.66 Å². The van der Waals surface area contributed by atoms with Gasteiger partial charge in [-0.25, -0.2) is 0 Å². The Labute approximate surface area is 95.5 Å². The standard InChI is InChI=1S/C10H10BrNO3/c11-7-4-5-9(12(13)14)10(6-7)15-8-2-1-3-8/h4-6,8H,1-3H2. The summed E-state index contributed by atoms with van der Waals surface area (Å²) >= 11 is 3.27. The molecule has 0 atom stereocenters. The third-order valence-corrected chi connectivity index (χ3v) is 2.96. The fraction of sp³-hybridized carbons (Fsp3) is 0.400. The first-order valence-electron chi connectivity index (χ1n) is 4.77. The molecule has 1 aromatic rings. The first-order valence-corrected chi connectivity index (χ1v) is 5.57. The molecule has 0 aromatic heterocycles. The molecule has 1 aliphatic rings. The molecule has 0 amide bonds. The van der Waals surface area contributed by atoms with E-state index in [1.807, 2.05) is 0 Å². The van der Waals surface area contributed by atoms with Crippen LogP contribution in [0.3, 0.4) is 0 Å². The molecule has 0 heterocycles. The van der Waals surface area contributed by atoms with Gasteiger partial charge in [-0.05, 0) is 25.3 Å². The molecule has 2 rings (SSSR count). The molecule has 1 saturated carbocycles. The third kappa shape index (κ3) is 2.28. The zero-order chi connectivity index (χ0) is 10.8. The Bertz CT molecular complexity index is 390. The van der Waals surface area contributed by atoms with Gasteiger partial charge in [0.25, 0.3) is 0 Å². The van der Waals surface area contributed by atoms with Crippen LogP contribution in [0, 0.1) is 10.1 Å². The third-order valence-electron chi connectivity index (χ3n) is 2.46. The zero-order valence-corrected chi connectivity index (χ0v) is 9.57. The van der Waals surface area contributed by atoms with Gasteiger partial charge in [0.15, 0.2) is 5.75 Å². The van der Waals surface area contributed by atoms with E-state index in [2.05, 4.69) is 15.9 Å². The molecule has 0 saturated heterocycles. The van der Waals surface area contributed by atoms with E-state index in [4.69, 9.17) is 4.74 Å². The lowest BCUT2D eigenvalue weighted by atomic mass is 9.96. The second-order valence-corrected chi connectivity index (χ2v) is 4.46. The first-order chi connectivity index (χ1) is 7.16. The van der Waals surface area contributed by atoms with Gasteiger partial charge in [0, 0.05) is 16.6 Å². The summed E-state index contributed by atoms with van der Waals surface area (Å²) in [5, 5.41) is 10.7. The molecule has 4 nitrogen and oxygen atoms in total. The van der Waals surface area contributed by atoms with Crippen LogP contribution in [0.4, 0.5) is 5.69 Å². The van der Waals surface area contributed by atoms with Crippen molar-refractivity contribution in [2.45, 2.75) is 25.4 Å². The summed E-state index contributed by atoms with van der Waals surface area (Å²) in [5.41, 5.74) is 0.0325. The van der Waals surface area contributed by atoms with Gasteiger partial charge in [0.2, 0.25) is 0 Å². The topological polar surface area (TPSA) is 52.4 Å². The smallest absolute Gasteiger partial charge is 0.311 e. The summed E-state index contributed by atoms with van der Waals surface area (Å²) in [5.74, 6) is 0.360. The number of rotatable bonds is 3. The molecule has 0 N–H and O–H groups in total. The fourth-order valence-corrected chi connectivity index (χ4v) is 1.74. The van der Waals surface area contributed by atoms with E-state index in [9.17, 15) is 10.1 Å². The normalized spacial score (nSPS) is 15.8. The molecule has 0 radical (unpaired) electrons. The number of nitrogens with zero attached hydrogens (tertiary/aromatic N) is 1. The van der Waals surface area contributed by atoms with E-state index in [0.717, 1.165) is 23.7 Å². The maximum Gasteiger partial charge on any atom is 0.311 e. The van der Waals surface area contributed by atoms with Crippen LogP contribution < -0.4 is 4.74 Å². The Morgan fingerprint density at radius 2 is 2.20 bits per heavy atom. The lowest BCUT2D eigenvalue weighted by Gasteiger charge is -2.26. The predicted molar refractivity (Wildman–Crippen MR) is 59.1 cm³/mol. The van der Waals surface area contributed by atoms with Crippen molar-refractivity contribution in [3.8, 4) is 5.75 Å². The predicted octanol–water partition coefficient (Wildman–Crippen LogP) is 3.29. The van der Waals surface area contributed by atoms with E-state index in [0.29, 0.717) is 5.75 Å². The molecule has 5 heteroatoms. The Kier molecular flexibility index (Phi) is 2.90. The molecular weight excluding hydrogens is 262 g/mol. The summed E-state index contributed by atoms with van der Waals surface area (Å²) in [6.07, 6.45) is 3.28. The van der Waals surface area contributed by atoms with Crippen molar-refractivity contribution in [1.29, 1.82) is 0 Å². The summed E-state index contributed by atoms with van der Waals surface area (Å²) in [6, 6.07) is 4.75. The zero-order valence-electron chi connectivity index (χ0n) is 7.98. The molecule has 1 aliphatic carbocycles. The molecule has 1 aromatic carbocycles. The second kappa shape index (κ2) is 4.18. The Morgan fingerprint density at radius 3 is 2.73 bits per heavy atom. The number of ether oxygens (including phenoxy) is 1. The number of nitro benzene ring substituents is 1. The van der Waals surface area contributed by atoms with Crippen LogP contribution in [0.1, 0.15) is 19.3 Å². The molecule has 0 unspecified atom stereocenters. The van der Waals surface area contributed by atoms with Gasteiger partial charge < -0.3 is 4.74 Å². The number of hydrogen-bond donors (Lipinski definition) is 0. The molecule has 15 heavy (non-hydrogen) atoms. The summed E-state index contributed by atoms with van der Waals surface area (Å²) in [6.45, 7) is 0.